The first kappa shape index (κ1) is 23.8. The molecule has 0 heterocycles. The lowest BCUT2D eigenvalue weighted by atomic mass is 9.95. The summed E-state index contributed by atoms with van der Waals surface area (Å²) in [6.45, 7) is -0.591. The molecule has 0 aliphatic heterocycles. The minimum absolute atomic E-state index is 0.591. The lowest BCUT2D eigenvalue weighted by molar-refractivity contribution is -0.273. The molecule has 0 spiro atoms. The highest BCUT2D eigenvalue weighted by molar-refractivity contribution is 7.87. The van der Waals surface area contributed by atoms with Crippen LogP contribution >= 0.6 is 0 Å². The fourth-order valence-corrected chi connectivity index (χ4v) is 3.78. The van der Waals surface area contributed by atoms with Gasteiger partial charge in [-0.2, -0.15) is 34.8 Å². The normalized spacial score (nSPS) is 13.2. The Balaban J connectivity index is 0.000000189. The molecule has 170 valence electrons. The van der Waals surface area contributed by atoms with Crippen LogP contribution in [0, 0.1) is 0 Å². The first-order chi connectivity index (χ1) is 14.7. The highest BCUT2D eigenvalue weighted by Gasteiger charge is 2.75. The maximum absolute atomic E-state index is 12.2. The van der Waals surface area contributed by atoms with Crippen molar-refractivity contribution in [3.63, 3.8) is 0 Å². The number of halogens is 6. The second kappa shape index (κ2) is 7.93. The fraction of sp³-hybridized carbons (Fsp3) is 0.182. The van der Waals surface area contributed by atoms with Crippen molar-refractivity contribution < 1.29 is 39.3 Å². The third-order valence-corrected chi connectivity index (χ3v) is 5.80. The van der Waals surface area contributed by atoms with E-state index in [1.54, 1.807) is 0 Å². The van der Waals surface area contributed by atoms with Crippen molar-refractivity contribution in [3.8, 4) is 0 Å². The zero-order valence-electron chi connectivity index (χ0n) is 16.4. The Morgan fingerprint density at radius 1 is 0.594 bits per heavy atom. The van der Waals surface area contributed by atoms with Crippen molar-refractivity contribution in [3.05, 3.63) is 72.8 Å². The third-order valence-electron chi connectivity index (χ3n) is 4.89. The first-order valence-electron chi connectivity index (χ1n) is 9.09. The minimum atomic E-state index is -6.61. The maximum atomic E-state index is 12.2. The second-order valence-electron chi connectivity index (χ2n) is 7.09. The molecule has 0 aromatic heterocycles. The molecule has 0 amide bonds. The molecular formula is C22H16F6O3S. The maximum Gasteiger partial charge on any atom is 0.437 e. The van der Waals surface area contributed by atoms with E-state index in [0.29, 0.717) is 0 Å². The van der Waals surface area contributed by atoms with E-state index >= 15 is 0 Å². The topological polar surface area (TPSA) is 54.4 Å². The van der Waals surface area contributed by atoms with Gasteiger partial charge in [-0.1, -0.05) is 72.8 Å². The van der Waals surface area contributed by atoms with Crippen LogP contribution in [0.15, 0.2) is 72.8 Å². The van der Waals surface area contributed by atoms with Gasteiger partial charge in [0.2, 0.25) is 0 Å². The second-order valence-corrected chi connectivity index (χ2v) is 8.55. The molecule has 0 aliphatic rings. The summed E-state index contributed by atoms with van der Waals surface area (Å²) in [5.74, 6) is -11.5. The first-order valence-corrected chi connectivity index (χ1v) is 10.5. The number of hydrogen-bond acceptors (Lipinski definition) is 2. The standard InChI is InChI=1S/C18H12.C4H4F6O3S/c1-2-8-14-13(7-1)15-9-3-4-11-17(15)18-12-6-5-10-16(14)18;1-2(5,6)3(7,8)4(9,10)14(11,12)13/h1-12H;1H3,(H,11,12,13). The zero-order valence-corrected chi connectivity index (χ0v) is 17.2. The van der Waals surface area contributed by atoms with Crippen LogP contribution in [-0.4, -0.2) is 30.1 Å². The van der Waals surface area contributed by atoms with Gasteiger partial charge in [-0.15, -0.1) is 0 Å². The van der Waals surface area contributed by atoms with Crippen molar-refractivity contribution >= 4 is 42.4 Å². The van der Waals surface area contributed by atoms with E-state index < -0.39 is 34.1 Å². The van der Waals surface area contributed by atoms with Crippen LogP contribution in [0.1, 0.15) is 6.92 Å². The molecule has 0 radical (unpaired) electrons. The molecule has 0 unspecified atom stereocenters. The zero-order chi connectivity index (χ0) is 23.9. The van der Waals surface area contributed by atoms with Gasteiger partial charge in [0.1, 0.15) is 0 Å². The van der Waals surface area contributed by atoms with E-state index in [4.69, 9.17) is 4.55 Å². The van der Waals surface area contributed by atoms with Crippen LogP contribution in [0.5, 0.6) is 0 Å². The predicted octanol–water partition coefficient (Wildman–Crippen LogP) is 6.90. The summed E-state index contributed by atoms with van der Waals surface area (Å²) < 4.78 is 99.6. The average molecular weight is 474 g/mol. The van der Waals surface area contributed by atoms with Gasteiger partial charge in [-0.3, -0.25) is 4.55 Å². The van der Waals surface area contributed by atoms with E-state index in [-0.39, 0.29) is 0 Å². The van der Waals surface area contributed by atoms with Gasteiger partial charge < -0.3 is 0 Å². The minimum Gasteiger partial charge on any atom is -0.281 e. The van der Waals surface area contributed by atoms with Crippen LogP contribution < -0.4 is 0 Å². The molecule has 32 heavy (non-hydrogen) atoms. The highest BCUT2D eigenvalue weighted by Crippen LogP contribution is 2.47. The van der Waals surface area contributed by atoms with E-state index in [9.17, 15) is 34.8 Å². The summed E-state index contributed by atoms with van der Waals surface area (Å²) in [6.07, 6.45) is 0. The molecule has 4 rings (SSSR count). The quantitative estimate of drug-likeness (QED) is 0.200. The summed E-state index contributed by atoms with van der Waals surface area (Å²) in [5.41, 5.74) is 0. The summed E-state index contributed by atoms with van der Waals surface area (Å²) in [5, 5.41) is 1.80. The van der Waals surface area contributed by atoms with Crippen LogP contribution in [-0.2, 0) is 10.1 Å². The van der Waals surface area contributed by atoms with Crippen LogP contribution in [0.25, 0.3) is 32.3 Å². The smallest absolute Gasteiger partial charge is 0.281 e. The Hall–Kier alpha value is -2.85. The van der Waals surface area contributed by atoms with Gasteiger partial charge in [-0.05, 0) is 32.3 Å². The number of rotatable bonds is 3. The molecule has 0 fully saturated rings. The van der Waals surface area contributed by atoms with Crippen LogP contribution in [0.4, 0.5) is 26.3 Å². The lowest BCUT2D eigenvalue weighted by Crippen LogP contribution is -2.56. The average Bonchev–Trinajstić information content (AvgIpc) is 2.73. The van der Waals surface area contributed by atoms with Crippen molar-refractivity contribution in [1.82, 2.24) is 0 Å². The summed E-state index contributed by atoms with van der Waals surface area (Å²) >= 11 is 0. The van der Waals surface area contributed by atoms with Crippen molar-refractivity contribution in [2.24, 2.45) is 0 Å². The molecule has 1 N–H and O–H groups in total. The van der Waals surface area contributed by atoms with E-state index in [2.05, 4.69) is 72.8 Å². The molecular weight excluding hydrogens is 458 g/mol. The Morgan fingerprint density at radius 2 is 0.812 bits per heavy atom. The van der Waals surface area contributed by atoms with E-state index in [0.717, 1.165) is 0 Å². The summed E-state index contributed by atoms with van der Waals surface area (Å²) in [6, 6.07) is 26.0. The number of alkyl halides is 6. The molecule has 0 aliphatic carbocycles. The van der Waals surface area contributed by atoms with E-state index in [1.807, 2.05) is 0 Å². The van der Waals surface area contributed by atoms with Gasteiger partial charge in [0.25, 0.3) is 0 Å². The summed E-state index contributed by atoms with van der Waals surface area (Å²) in [4.78, 5) is 0. The SMILES string of the molecule is CC(F)(F)C(F)(F)C(F)(F)S(=O)(=O)O.c1ccc2c(c1)c1ccccc1c1ccccc21. The molecule has 4 aromatic carbocycles. The Morgan fingerprint density at radius 3 is 0.938 bits per heavy atom. The van der Waals surface area contributed by atoms with Gasteiger partial charge in [0.05, 0.1) is 0 Å². The van der Waals surface area contributed by atoms with Crippen LogP contribution in [0.3, 0.4) is 0 Å². The molecule has 0 atom stereocenters. The van der Waals surface area contributed by atoms with E-state index in [1.165, 1.54) is 32.3 Å². The molecule has 10 heteroatoms. The molecule has 0 saturated heterocycles. The molecule has 0 bridgehead atoms. The Labute approximate surface area is 179 Å². The van der Waals surface area contributed by atoms with Crippen LogP contribution in [0.2, 0.25) is 0 Å². The Kier molecular flexibility index (Phi) is 5.90. The largest absolute Gasteiger partial charge is 0.437 e. The van der Waals surface area contributed by atoms with Gasteiger partial charge >= 0.3 is 27.2 Å². The fourth-order valence-electron chi connectivity index (χ4n) is 3.28. The highest BCUT2D eigenvalue weighted by atomic mass is 32.2. The number of hydrogen-bond donors (Lipinski definition) is 1. The van der Waals surface area contributed by atoms with Gasteiger partial charge in [0, 0.05) is 6.92 Å². The number of fused-ring (bicyclic) bond motifs is 6. The van der Waals surface area contributed by atoms with Crippen molar-refractivity contribution in [2.45, 2.75) is 24.0 Å². The summed E-state index contributed by atoms with van der Waals surface area (Å²) in [7, 11) is -6.61. The lowest BCUT2D eigenvalue weighted by Gasteiger charge is -2.28. The Bertz CT molecular complexity index is 1170. The molecule has 4 aromatic rings. The third kappa shape index (κ3) is 3.88. The number of benzene rings is 4. The van der Waals surface area contributed by atoms with Crippen molar-refractivity contribution in [1.29, 1.82) is 0 Å². The van der Waals surface area contributed by atoms with Crippen molar-refractivity contribution in [2.75, 3.05) is 0 Å². The van der Waals surface area contributed by atoms with Gasteiger partial charge in [-0.25, -0.2) is 0 Å². The monoisotopic (exact) mass is 474 g/mol. The molecule has 3 nitrogen and oxygen atoms in total. The molecule has 0 saturated carbocycles. The predicted molar refractivity (Wildman–Crippen MR) is 111 cm³/mol. The van der Waals surface area contributed by atoms with Gasteiger partial charge in [0.15, 0.2) is 0 Å².